The fourth-order valence-electron chi connectivity index (χ4n) is 3.11. The first-order valence-corrected chi connectivity index (χ1v) is 9.93. The van der Waals surface area contributed by atoms with Gasteiger partial charge in [-0.2, -0.15) is 0 Å². The van der Waals surface area contributed by atoms with Gasteiger partial charge in [0.05, 0.1) is 0 Å². The Morgan fingerprint density at radius 2 is 1.86 bits per heavy atom. The maximum Gasteiger partial charge on any atom is 0.262 e. The van der Waals surface area contributed by atoms with Gasteiger partial charge in [-0.15, -0.1) is 0 Å². The molecule has 0 atom stereocenters. The lowest BCUT2D eigenvalue weighted by atomic mass is 10.1. The van der Waals surface area contributed by atoms with Crippen molar-refractivity contribution in [3.63, 3.8) is 0 Å². The number of aryl methyl sites for hydroxylation is 2. The minimum Gasteiger partial charge on any atom is -0.484 e. The molecule has 0 bridgehead atoms. The lowest BCUT2D eigenvalue weighted by Gasteiger charge is -2.09. The van der Waals surface area contributed by atoms with Crippen LogP contribution in [0.5, 0.6) is 5.75 Å². The van der Waals surface area contributed by atoms with Crippen LogP contribution in [0, 0.1) is 13.8 Å². The Hall–Kier alpha value is -3.12. The van der Waals surface area contributed by atoms with Crippen LogP contribution in [0.3, 0.4) is 0 Å². The second kappa shape index (κ2) is 8.09. The lowest BCUT2D eigenvalue weighted by Crippen LogP contribution is -2.20. The monoisotopic (exact) mass is 450 g/mol. The molecule has 1 N–H and O–H groups in total. The molecule has 0 aliphatic heterocycles. The number of hydrogen-bond donors (Lipinski definition) is 1. The summed E-state index contributed by atoms with van der Waals surface area (Å²) in [5, 5.41) is 2.84. The minimum absolute atomic E-state index is 0.0664. The van der Waals surface area contributed by atoms with Crippen LogP contribution in [-0.2, 0) is 4.79 Å². The van der Waals surface area contributed by atoms with Crippen molar-refractivity contribution < 1.29 is 13.9 Å². The topological polar surface area (TPSA) is 64.4 Å². The van der Waals surface area contributed by atoms with Crippen molar-refractivity contribution in [2.75, 3.05) is 11.9 Å². The van der Waals surface area contributed by atoms with E-state index in [1.165, 1.54) is 0 Å². The van der Waals surface area contributed by atoms with E-state index >= 15 is 0 Å². The number of carbonyl (C=O) groups excluding carboxylic acids is 1. The van der Waals surface area contributed by atoms with E-state index in [1.54, 1.807) is 18.2 Å². The van der Waals surface area contributed by atoms with Crippen molar-refractivity contribution in [1.29, 1.82) is 0 Å². The van der Waals surface area contributed by atoms with E-state index in [-0.39, 0.29) is 12.5 Å². The van der Waals surface area contributed by atoms with Gasteiger partial charge in [0.1, 0.15) is 11.3 Å². The van der Waals surface area contributed by atoms with Gasteiger partial charge in [-0.3, -0.25) is 4.79 Å². The summed E-state index contributed by atoms with van der Waals surface area (Å²) in [6.07, 6.45) is 0. The van der Waals surface area contributed by atoms with Crippen LogP contribution in [0.2, 0.25) is 0 Å². The highest BCUT2D eigenvalue weighted by atomic mass is 79.9. The van der Waals surface area contributed by atoms with E-state index in [0.29, 0.717) is 28.4 Å². The second-order valence-corrected chi connectivity index (χ2v) is 7.79. The number of rotatable bonds is 5. The third kappa shape index (κ3) is 4.66. The van der Waals surface area contributed by atoms with Crippen LogP contribution in [0.15, 0.2) is 69.6 Å². The van der Waals surface area contributed by atoms with Crippen LogP contribution in [0.1, 0.15) is 11.1 Å². The molecule has 1 aromatic heterocycles. The number of carbonyl (C=O) groups is 1. The molecule has 5 nitrogen and oxygen atoms in total. The number of amides is 1. The van der Waals surface area contributed by atoms with Crippen LogP contribution in [0.4, 0.5) is 5.69 Å². The van der Waals surface area contributed by atoms with Crippen molar-refractivity contribution >= 4 is 38.6 Å². The molecule has 0 saturated carbocycles. The number of anilines is 1. The van der Waals surface area contributed by atoms with Gasteiger partial charge in [-0.1, -0.05) is 28.1 Å². The van der Waals surface area contributed by atoms with E-state index in [9.17, 15) is 4.79 Å². The second-order valence-electron chi connectivity index (χ2n) is 6.87. The van der Waals surface area contributed by atoms with Crippen molar-refractivity contribution in [2.24, 2.45) is 0 Å². The molecule has 6 heteroatoms. The molecule has 0 radical (unpaired) electrons. The number of aromatic nitrogens is 1. The fraction of sp³-hybridized carbons (Fsp3) is 0.130. The number of benzene rings is 3. The molecule has 0 unspecified atom stereocenters. The summed E-state index contributed by atoms with van der Waals surface area (Å²) in [5.74, 6) is 0.977. The zero-order chi connectivity index (χ0) is 20.4. The lowest BCUT2D eigenvalue weighted by molar-refractivity contribution is -0.118. The Labute approximate surface area is 176 Å². The Balaban J connectivity index is 1.45. The highest BCUT2D eigenvalue weighted by molar-refractivity contribution is 9.10. The maximum absolute atomic E-state index is 12.3. The van der Waals surface area contributed by atoms with Crippen LogP contribution < -0.4 is 10.1 Å². The Morgan fingerprint density at radius 1 is 1.07 bits per heavy atom. The number of fused-ring (bicyclic) bond motifs is 1. The third-order valence-electron chi connectivity index (χ3n) is 4.31. The molecule has 0 fully saturated rings. The molecule has 4 aromatic rings. The number of nitrogens with zero attached hydrogens (tertiary/aromatic N) is 1. The quantitative estimate of drug-likeness (QED) is 0.411. The molecule has 0 spiro atoms. The first-order valence-electron chi connectivity index (χ1n) is 9.14. The Bertz CT molecular complexity index is 1180. The normalized spacial score (nSPS) is 10.9. The summed E-state index contributed by atoms with van der Waals surface area (Å²) in [5.41, 5.74) is 5.04. The molecule has 0 saturated heterocycles. The predicted molar refractivity (Wildman–Crippen MR) is 117 cm³/mol. The largest absolute Gasteiger partial charge is 0.484 e. The van der Waals surface area contributed by atoms with E-state index < -0.39 is 0 Å². The highest BCUT2D eigenvalue weighted by Gasteiger charge is 2.11. The first kappa shape index (κ1) is 19.2. The summed E-state index contributed by atoms with van der Waals surface area (Å²) in [6, 6.07) is 19.0. The van der Waals surface area contributed by atoms with Gasteiger partial charge in [0.25, 0.3) is 5.91 Å². The van der Waals surface area contributed by atoms with Gasteiger partial charge in [-0.25, -0.2) is 4.98 Å². The van der Waals surface area contributed by atoms with Gasteiger partial charge >= 0.3 is 0 Å². The molecular formula is C23H19BrN2O3. The average Bonchev–Trinajstić information content (AvgIpc) is 3.09. The summed E-state index contributed by atoms with van der Waals surface area (Å²) in [6.45, 7) is 3.92. The van der Waals surface area contributed by atoms with E-state index in [1.807, 2.05) is 50.2 Å². The summed E-state index contributed by atoms with van der Waals surface area (Å²) < 4.78 is 12.4. The standard InChI is InChI=1S/C23H19BrN2O3/c1-14-8-15(2)10-19(9-14)28-13-22(27)25-18-6-7-21-20(12-18)26-23(29-21)16-4-3-5-17(24)11-16/h3-12H,13H2,1-2H3,(H,25,27). The van der Waals surface area contributed by atoms with E-state index in [0.717, 1.165) is 21.2 Å². The van der Waals surface area contributed by atoms with Gasteiger partial charge in [0.15, 0.2) is 12.2 Å². The smallest absolute Gasteiger partial charge is 0.262 e. The molecule has 1 amide bonds. The SMILES string of the molecule is Cc1cc(C)cc(OCC(=O)Nc2ccc3oc(-c4cccc(Br)c4)nc3c2)c1. The van der Waals surface area contributed by atoms with Crippen molar-refractivity contribution in [3.05, 3.63) is 76.3 Å². The van der Waals surface area contributed by atoms with Crippen LogP contribution in [0.25, 0.3) is 22.6 Å². The summed E-state index contributed by atoms with van der Waals surface area (Å²) in [7, 11) is 0. The summed E-state index contributed by atoms with van der Waals surface area (Å²) in [4.78, 5) is 16.8. The number of hydrogen-bond acceptors (Lipinski definition) is 4. The molecule has 3 aromatic carbocycles. The Kier molecular flexibility index (Phi) is 5.36. The molecule has 0 aliphatic carbocycles. The van der Waals surface area contributed by atoms with Crippen molar-refractivity contribution in [1.82, 2.24) is 4.98 Å². The molecule has 29 heavy (non-hydrogen) atoms. The molecule has 0 aliphatic rings. The van der Waals surface area contributed by atoms with Crippen molar-refractivity contribution in [3.8, 4) is 17.2 Å². The van der Waals surface area contributed by atoms with Crippen LogP contribution >= 0.6 is 15.9 Å². The zero-order valence-electron chi connectivity index (χ0n) is 16.0. The molecule has 1 heterocycles. The fourth-order valence-corrected chi connectivity index (χ4v) is 3.51. The molecule has 4 rings (SSSR count). The van der Waals surface area contributed by atoms with Crippen LogP contribution in [-0.4, -0.2) is 17.5 Å². The predicted octanol–water partition coefficient (Wildman–Crippen LogP) is 5.89. The van der Waals surface area contributed by atoms with Gasteiger partial charge in [0, 0.05) is 15.7 Å². The average molecular weight is 451 g/mol. The first-order chi connectivity index (χ1) is 14.0. The van der Waals surface area contributed by atoms with Gasteiger partial charge < -0.3 is 14.5 Å². The highest BCUT2D eigenvalue weighted by Crippen LogP contribution is 2.27. The van der Waals surface area contributed by atoms with Crippen molar-refractivity contribution in [2.45, 2.75) is 13.8 Å². The molecule has 146 valence electrons. The zero-order valence-corrected chi connectivity index (χ0v) is 17.6. The maximum atomic E-state index is 12.3. The number of halogens is 1. The Morgan fingerprint density at radius 3 is 2.62 bits per heavy atom. The van der Waals surface area contributed by atoms with E-state index in [2.05, 4.69) is 32.3 Å². The number of ether oxygens (including phenoxy) is 1. The van der Waals surface area contributed by atoms with Gasteiger partial charge in [-0.05, 0) is 73.5 Å². The van der Waals surface area contributed by atoms with E-state index in [4.69, 9.17) is 9.15 Å². The minimum atomic E-state index is -0.237. The number of nitrogens with one attached hydrogen (secondary N) is 1. The summed E-state index contributed by atoms with van der Waals surface area (Å²) >= 11 is 3.45. The number of oxazole rings is 1. The third-order valence-corrected chi connectivity index (χ3v) is 4.80. The van der Waals surface area contributed by atoms with Gasteiger partial charge in [0.2, 0.25) is 5.89 Å². The molecular weight excluding hydrogens is 432 g/mol.